The van der Waals surface area contributed by atoms with Crippen molar-refractivity contribution in [1.29, 1.82) is 0 Å². The Balaban J connectivity index is 0.00000106. The Labute approximate surface area is 130 Å². The van der Waals surface area contributed by atoms with Crippen molar-refractivity contribution in [3.05, 3.63) is 65.9 Å². The van der Waals surface area contributed by atoms with E-state index in [0.717, 1.165) is 18.4 Å². The molecule has 0 radical (unpaired) electrons. The molecular formula is C20H29N. The van der Waals surface area contributed by atoms with Gasteiger partial charge in [0.25, 0.3) is 0 Å². The average Bonchev–Trinajstić information content (AvgIpc) is 2.62. The molecule has 0 spiro atoms. The van der Waals surface area contributed by atoms with E-state index in [-0.39, 0.29) is 0 Å². The maximum absolute atomic E-state index is 3.99. The molecule has 1 aliphatic heterocycles. The molecule has 1 heterocycles. The van der Waals surface area contributed by atoms with Gasteiger partial charge in [-0.3, -0.25) is 0 Å². The van der Waals surface area contributed by atoms with Crippen molar-refractivity contribution in [2.24, 2.45) is 0 Å². The molecule has 0 amide bonds. The van der Waals surface area contributed by atoms with Crippen molar-refractivity contribution in [3.8, 4) is 0 Å². The molecule has 0 saturated carbocycles. The van der Waals surface area contributed by atoms with E-state index in [0.29, 0.717) is 0 Å². The monoisotopic (exact) mass is 283 g/mol. The highest BCUT2D eigenvalue weighted by Crippen LogP contribution is 2.20. The quantitative estimate of drug-likeness (QED) is 0.695. The fourth-order valence-corrected chi connectivity index (χ4v) is 2.38. The second-order valence-corrected chi connectivity index (χ2v) is 5.22. The Morgan fingerprint density at radius 2 is 1.81 bits per heavy atom. The molecule has 0 aliphatic carbocycles. The first kappa shape index (κ1) is 17.3. The van der Waals surface area contributed by atoms with Crippen molar-refractivity contribution in [2.75, 3.05) is 0 Å². The molecule has 0 aromatic heterocycles. The zero-order valence-electron chi connectivity index (χ0n) is 13.8. The lowest BCUT2D eigenvalue weighted by Crippen LogP contribution is -2.12. The fraction of sp³-hybridized carbons (Fsp3) is 0.400. The van der Waals surface area contributed by atoms with Crippen LogP contribution in [0.1, 0.15) is 58.4 Å². The second kappa shape index (κ2) is 10.0. The summed E-state index contributed by atoms with van der Waals surface area (Å²) in [7, 11) is 0. The number of hydrogen-bond donors (Lipinski definition) is 1. The molecule has 2 rings (SSSR count). The minimum Gasteiger partial charge on any atom is -0.359 e. The van der Waals surface area contributed by atoms with Gasteiger partial charge in [0.05, 0.1) is 0 Å². The van der Waals surface area contributed by atoms with Gasteiger partial charge in [-0.2, -0.15) is 0 Å². The highest BCUT2D eigenvalue weighted by Gasteiger charge is 2.06. The van der Waals surface area contributed by atoms with Crippen LogP contribution in [0, 0.1) is 0 Å². The molecule has 1 N–H and O–H groups in total. The molecule has 0 bridgehead atoms. The van der Waals surface area contributed by atoms with E-state index in [4.69, 9.17) is 0 Å². The van der Waals surface area contributed by atoms with E-state index >= 15 is 0 Å². The van der Waals surface area contributed by atoms with E-state index in [1.807, 2.05) is 20.8 Å². The summed E-state index contributed by atoms with van der Waals surface area (Å²) in [5, 5.41) is 3.60. The summed E-state index contributed by atoms with van der Waals surface area (Å²) in [5.41, 5.74) is 4.88. The van der Waals surface area contributed by atoms with Crippen molar-refractivity contribution in [1.82, 2.24) is 5.32 Å². The lowest BCUT2D eigenvalue weighted by molar-refractivity contribution is 0.681. The van der Waals surface area contributed by atoms with Crippen molar-refractivity contribution >= 4 is 5.70 Å². The molecule has 1 aliphatic rings. The van der Waals surface area contributed by atoms with Gasteiger partial charge in [-0.1, -0.05) is 68.8 Å². The summed E-state index contributed by atoms with van der Waals surface area (Å²) in [5.74, 6) is 0. The predicted octanol–water partition coefficient (Wildman–Crippen LogP) is 6.07. The van der Waals surface area contributed by atoms with Gasteiger partial charge >= 0.3 is 0 Å². The number of allylic oxidation sites excluding steroid dienone is 4. The highest BCUT2D eigenvalue weighted by atomic mass is 14.9. The fourth-order valence-electron chi connectivity index (χ4n) is 2.38. The Morgan fingerprint density at radius 1 is 1.10 bits per heavy atom. The van der Waals surface area contributed by atoms with Crippen LogP contribution in [0.3, 0.4) is 0 Å². The van der Waals surface area contributed by atoms with Crippen LogP contribution in [0.5, 0.6) is 0 Å². The van der Waals surface area contributed by atoms with Gasteiger partial charge < -0.3 is 5.32 Å². The van der Waals surface area contributed by atoms with Crippen LogP contribution in [0.25, 0.3) is 5.70 Å². The van der Waals surface area contributed by atoms with E-state index < -0.39 is 0 Å². The molecule has 1 heteroatoms. The third-order valence-corrected chi connectivity index (χ3v) is 3.30. The number of benzene rings is 1. The lowest BCUT2D eigenvalue weighted by atomic mass is 10.1. The van der Waals surface area contributed by atoms with Crippen molar-refractivity contribution in [3.63, 3.8) is 0 Å². The largest absolute Gasteiger partial charge is 0.359 e. The van der Waals surface area contributed by atoms with Crippen LogP contribution in [-0.2, 0) is 0 Å². The van der Waals surface area contributed by atoms with Gasteiger partial charge in [0.2, 0.25) is 0 Å². The molecule has 114 valence electrons. The van der Waals surface area contributed by atoms with Crippen molar-refractivity contribution in [2.45, 2.75) is 52.9 Å². The van der Waals surface area contributed by atoms with Gasteiger partial charge in [-0.05, 0) is 44.2 Å². The molecule has 0 unspecified atom stereocenters. The molecular weight excluding hydrogens is 254 g/mol. The van der Waals surface area contributed by atoms with Gasteiger partial charge in [0.1, 0.15) is 0 Å². The van der Waals surface area contributed by atoms with Crippen molar-refractivity contribution < 1.29 is 0 Å². The first-order chi connectivity index (χ1) is 10.3. The van der Waals surface area contributed by atoms with Crippen LogP contribution in [0.4, 0.5) is 0 Å². The highest BCUT2D eigenvalue weighted by molar-refractivity contribution is 5.65. The molecule has 21 heavy (non-hydrogen) atoms. The summed E-state index contributed by atoms with van der Waals surface area (Å²) < 4.78 is 0. The summed E-state index contributed by atoms with van der Waals surface area (Å²) in [6, 6.07) is 10.6. The third kappa shape index (κ3) is 6.48. The van der Waals surface area contributed by atoms with E-state index in [1.165, 1.54) is 36.2 Å². The number of rotatable bonds is 2. The third-order valence-electron chi connectivity index (χ3n) is 3.30. The number of nitrogens with one attached hydrogen (secondary N) is 1. The van der Waals surface area contributed by atoms with Crippen LogP contribution >= 0.6 is 0 Å². The molecule has 1 nitrogen and oxygen atoms in total. The Kier molecular flexibility index (Phi) is 8.27. The second-order valence-electron chi connectivity index (χ2n) is 5.22. The van der Waals surface area contributed by atoms with Crippen LogP contribution in [0.15, 0.2) is 60.3 Å². The first-order valence-corrected chi connectivity index (χ1v) is 8.14. The molecule has 0 saturated heterocycles. The first-order valence-electron chi connectivity index (χ1n) is 8.14. The zero-order valence-corrected chi connectivity index (χ0v) is 13.8. The van der Waals surface area contributed by atoms with E-state index in [2.05, 4.69) is 54.4 Å². The van der Waals surface area contributed by atoms with E-state index in [1.54, 1.807) is 0 Å². The minimum atomic E-state index is 1.11. The topological polar surface area (TPSA) is 12.0 Å². The molecule has 0 fully saturated rings. The van der Waals surface area contributed by atoms with Gasteiger partial charge in [0.15, 0.2) is 0 Å². The predicted molar refractivity (Wildman–Crippen MR) is 94.9 cm³/mol. The molecule has 0 atom stereocenters. The van der Waals surface area contributed by atoms with Gasteiger partial charge in [-0.15, -0.1) is 0 Å². The maximum atomic E-state index is 3.99. The summed E-state index contributed by atoms with van der Waals surface area (Å²) in [6.07, 6.45) is 10.6. The Morgan fingerprint density at radius 3 is 2.48 bits per heavy atom. The van der Waals surface area contributed by atoms with Gasteiger partial charge in [-0.25, -0.2) is 0 Å². The lowest BCUT2D eigenvalue weighted by Gasteiger charge is -2.14. The summed E-state index contributed by atoms with van der Waals surface area (Å²) >= 11 is 0. The Hall–Kier alpha value is -1.76. The van der Waals surface area contributed by atoms with Gasteiger partial charge in [0, 0.05) is 11.4 Å². The maximum Gasteiger partial charge on any atom is 0.0414 e. The summed E-state index contributed by atoms with van der Waals surface area (Å²) in [6.45, 7) is 10.0. The zero-order chi connectivity index (χ0) is 15.5. The van der Waals surface area contributed by atoms with Crippen LogP contribution in [0.2, 0.25) is 0 Å². The van der Waals surface area contributed by atoms with Crippen LogP contribution < -0.4 is 5.32 Å². The van der Waals surface area contributed by atoms with Crippen LogP contribution in [-0.4, -0.2) is 0 Å². The molecule has 1 aromatic carbocycles. The normalized spacial score (nSPS) is 19.8. The average molecular weight is 283 g/mol. The molecule has 1 aromatic rings. The minimum absolute atomic E-state index is 1.11. The smallest absolute Gasteiger partial charge is 0.0414 e. The Bertz CT molecular complexity index is 480. The standard InChI is InChI=1S/C18H23N.C2H6/c1-15(2)14-17-12-8-3-4-9-13-18(19-17)16-10-6-5-7-11-16;1-2/h5-7,10-11,13-14,19H,1,3-4,8-9,12H2,2H3;1-2H3/b17-14-,18-13-;. The van der Waals surface area contributed by atoms with E-state index in [9.17, 15) is 0 Å². The SMILES string of the molecule is C=C(C)/C=C1/CCCCC/C=C(/c2ccccc2)N1.CC. The summed E-state index contributed by atoms with van der Waals surface area (Å²) in [4.78, 5) is 0. The number of hydrogen-bond acceptors (Lipinski definition) is 1.